The summed E-state index contributed by atoms with van der Waals surface area (Å²) in [6, 6.07) is 4.25. The number of aromatic nitrogens is 2. The molecular formula is C14H13ClFN3OS. The Balaban J connectivity index is 2.15. The Morgan fingerprint density at radius 3 is 3.05 bits per heavy atom. The Morgan fingerprint density at radius 1 is 1.33 bits per heavy atom. The van der Waals surface area contributed by atoms with E-state index in [1.165, 1.54) is 12.1 Å². The molecule has 0 amide bonds. The van der Waals surface area contributed by atoms with E-state index in [4.69, 9.17) is 21.1 Å². The Morgan fingerprint density at radius 2 is 2.19 bits per heavy atom. The molecule has 1 atom stereocenters. The van der Waals surface area contributed by atoms with Crippen LogP contribution in [0.25, 0.3) is 0 Å². The van der Waals surface area contributed by atoms with Gasteiger partial charge in [-0.3, -0.25) is 4.78 Å². The molecule has 110 valence electrons. The van der Waals surface area contributed by atoms with E-state index < -0.39 is 10.7 Å². The number of rotatable bonds is 0. The molecule has 0 radical (unpaired) electrons. The minimum absolute atomic E-state index is 0.125. The molecule has 1 unspecified atom stereocenters. The summed E-state index contributed by atoms with van der Waals surface area (Å²) in [5.74, 6) is 0.0414. The second-order valence-electron chi connectivity index (χ2n) is 4.67. The summed E-state index contributed by atoms with van der Waals surface area (Å²) in [6.45, 7) is 0.511. The summed E-state index contributed by atoms with van der Waals surface area (Å²) in [5.41, 5.74) is 0.926. The lowest BCUT2D eigenvalue weighted by Gasteiger charge is -2.17. The third-order valence-corrected chi connectivity index (χ3v) is 4.91. The molecule has 2 heterocycles. The third kappa shape index (κ3) is 3.06. The quantitative estimate of drug-likeness (QED) is 0.592. The van der Waals surface area contributed by atoms with Crippen molar-refractivity contribution in [3.8, 4) is 5.75 Å². The molecule has 1 aromatic heterocycles. The van der Waals surface area contributed by atoms with E-state index in [1.54, 1.807) is 12.3 Å². The van der Waals surface area contributed by atoms with E-state index >= 15 is 0 Å². The first-order chi connectivity index (χ1) is 10.1. The van der Waals surface area contributed by atoms with Crippen LogP contribution in [-0.4, -0.2) is 16.6 Å². The van der Waals surface area contributed by atoms with E-state index in [9.17, 15) is 4.39 Å². The van der Waals surface area contributed by atoms with E-state index in [-0.39, 0.29) is 11.1 Å². The highest BCUT2D eigenvalue weighted by Crippen LogP contribution is 2.30. The zero-order valence-corrected chi connectivity index (χ0v) is 12.7. The summed E-state index contributed by atoms with van der Waals surface area (Å²) in [6.07, 6.45) is 4.23. The summed E-state index contributed by atoms with van der Waals surface area (Å²) >= 11 is 5.87. The molecule has 0 spiro atoms. The maximum absolute atomic E-state index is 13.4. The van der Waals surface area contributed by atoms with Crippen LogP contribution in [0.4, 0.5) is 4.39 Å². The van der Waals surface area contributed by atoms with Crippen molar-refractivity contribution in [1.82, 2.24) is 9.97 Å². The standard InChI is InChI=1S/C14H13ClFN3OS/c15-14-18-8-9-3-1-2-6-20-11-7-10(16)4-5-12(11)21(17)13(9)19-14/h4-5,7-8,17H,1-3,6H2. The van der Waals surface area contributed by atoms with Gasteiger partial charge in [0.15, 0.2) is 0 Å². The number of ether oxygens (including phenoxy) is 1. The van der Waals surface area contributed by atoms with Crippen LogP contribution in [0.1, 0.15) is 18.4 Å². The summed E-state index contributed by atoms with van der Waals surface area (Å²) in [4.78, 5) is 8.85. The molecule has 0 fully saturated rings. The van der Waals surface area contributed by atoms with Crippen LogP contribution in [0.15, 0.2) is 34.3 Å². The first-order valence-electron chi connectivity index (χ1n) is 6.54. The highest BCUT2D eigenvalue weighted by Gasteiger charge is 2.18. The molecule has 1 aliphatic rings. The number of aryl methyl sites for hydroxylation is 1. The highest BCUT2D eigenvalue weighted by atomic mass is 35.5. The molecule has 0 bridgehead atoms. The zero-order valence-electron chi connectivity index (χ0n) is 11.1. The monoisotopic (exact) mass is 325 g/mol. The average Bonchev–Trinajstić information content (AvgIpc) is 2.47. The highest BCUT2D eigenvalue weighted by molar-refractivity contribution is 7.86. The number of nitrogens with one attached hydrogen (secondary N) is 1. The topological polar surface area (TPSA) is 58.9 Å². The minimum atomic E-state index is -1.08. The lowest BCUT2D eigenvalue weighted by Crippen LogP contribution is -2.09. The predicted octanol–water partition coefficient (Wildman–Crippen LogP) is 3.78. The van der Waals surface area contributed by atoms with Gasteiger partial charge in [0.1, 0.15) is 16.6 Å². The van der Waals surface area contributed by atoms with Gasteiger partial charge >= 0.3 is 0 Å². The lowest BCUT2D eigenvalue weighted by molar-refractivity contribution is 0.297. The Kier molecular flexibility index (Phi) is 4.17. The van der Waals surface area contributed by atoms with Gasteiger partial charge in [-0.2, -0.15) is 0 Å². The Bertz CT molecular complexity index is 711. The van der Waals surface area contributed by atoms with Gasteiger partial charge in [0, 0.05) is 17.8 Å². The predicted molar refractivity (Wildman–Crippen MR) is 78.5 cm³/mol. The van der Waals surface area contributed by atoms with Crippen LogP contribution in [0.5, 0.6) is 5.75 Å². The van der Waals surface area contributed by atoms with Crippen LogP contribution in [0, 0.1) is 10.6 Å². The maximum Gasteiger partial charge on any atom is 0.223 e. The molecule has 0 saturated carbocycles. The number of benzene rings is 1. The van der Waals surface area contributed by atoms with Crippen LogP contribution >= 0.6 is 11.6 Å². The van der Waals surface area contributed by atoms with E-state index in [0.29, 0.717) is 22.3 Å². The molecule has 7 heteroatoms. The molecule has 0 aliphatic carbocycles. The molecule has 4 nitrogen and oxygen atoms in total. The minimum Gasteiger partial charge on any atom is -0.492 e. The third-order valence-electron chi connectivity index (χ3n) is 3.21. The van der Waals surface area contributed by atoms with Gasteiger partial charge in [0.05, 0.1) is 11.5 Å². The van der Waals surface area contributed by atoms with Crippen molar-refractivity contribution in [2.24, 2.45) is 0 Å². The first-order valence-corrected chi connectivity index (χ1v) is 8.15. The van der Waals surface area contributed by atoms with Crippen molar-refractivity contribution >= 4 is 22.3 Å². The van der Waals surface area contributed by atoms with Crippen molar-refractivity contribution in [3.05, 3.63) is 41.1 Å². The van der Waals surface area contributed by atoms with E-state index in [2.05, 4.69) is 9.97 Å². The number of hydrogen-bond donors (Lipinski definition) is 1. The second kappa shape index (κ2) is 6.07. The average molecular weight is 326 g/mol. The SMILES string of the molecule is N=S1c2ccc(F)cc2OCCCCc2cnc(Cl)nc21. The smallest absolute Gasteiger partial charge is 0.223 e. The zero-order chi connectivity index (χ0) is 14.8. The second-order valence-corrected chi connectivity index (χ2v) is 6.45. The molecule has 1 aromatic carbocycles. The molecule has 1 aliphatic heterocycles. The molecule has 21 heavy (non-hydrogen) atoms. The van der Waals surface area contributed by atoms with Gasteiger partial charge in [-0.1, -0.05) is 0 Å². The van der Waals surface area contributed by atoms with Crippen LogP contribution in [0.2, 0.25) is 5.28 Å². The Hall–Kier alpha value is -1.53. The fourth-order valence-electron chi connectivity index (χ4n) is 2.19. The van der Waals surface area contributed by atoms with Gasteiger partial charge in [0.25, 0.3) is 0 Å². The molecule has 1 N–H and O–H groups in total. The molecule has 3 rings (SSSR count). The van der Waals surface area contributed by atoms with Gasteiger partial charge in [-0.25, -0.2) is 14.4 Å². The number of fused-ring (bicyclic) bond motifs is 2. The van der Waals surface area contributed by atoms with Crippen LogP contribution in [-0.2, 0) is 17.1 Å². The van der Waals surface area contributed by atoms with Crippen LogP contribution in [0.3, 0.4) is 0 Å². The van der Waals surface area contributed by atoms with Crippen molar-refractivity contribution in [2.45, 2.75) is 29.2 Å². The van der Waals surface area contributed by atoms with E-state index in [0.717, 1.165) is 24.8 Å². The largest absolute Gasteiger partial charge is 0.492 e. The van der Waals surface area contributed by atoms with Gasteiger partial charge in [-0.05, 0) is 53.7 Å². The fourth-order valence-corrected chi connectivity index (χ4v) is 3.70. The lowest BCUT2D eigenvalue weighted by atomic mass is 10.1. The number of nitrogens with zero attached hydrogens (tertiary/aromatic N) is 2. The summed E-state index contributed by atoms with van der Waals surface area (Å²) < 4.78 is 27.5. The van der Waals surface area contributed by atoms with E-state index in [1.807, 2.05) is 0 Å². The fraction of sp³-hybridized carbons (Fsp3) is 0.286. The maximum atomic E-state index is 13.4. The first kappa shape index (κ1) is 14.4. The summed E-state index contributed by atoms with van der Waals surface area (Å²) in [7, 11) is -1.08. The summed E-state index contributed by atoms with van der Waals surface area (Å²) in [5, 5.41) is 0.716. The van der Waals surface area contributed by atoms with Crippen molar-refractivity contribution in [2.75, 3.05) is 6.61 Å². The van der Waals surface area contributed by atoms with Gasteiger partial charge < -0.3 is 4.74 Å². The molecule has 0 saturated heterocycles. The molecular weight excluding hydrogens is 313 g/mol. The van der Waals surface area contributed by atoms with Crippen molar-refractivity contribution < 1.29 is 9.13 Å². The Labute approximate surface area is 129 Å². The molecule has 2 aromatic rings. The van der Waals surface area contributed by atoms with Crippen molar-refractivity contribution in [1.29, 1.82) is 4.78 Å². The van der Waals surface area contributed by atoms with Gasteiger partial charge in [-0.15, -0.1) is 0 Å². The number of hydrogen-bond acceptors (Lipinski definition) is 4. The van der Waals surface area contributed by atoms with Crippen molar-refractivity contribution in [3.63, 3.8) is 0 Å². The normalized spacial score (nSPS) is 18.3. The van der Waals surface area contributed by atoms with Crippen LogP contribution < -0.4 is 4.74 Å². The number of halogens is 2. The van der Waals surface area contributed by atoms with Gasteiger partial charge in [0.2, 0.25) is 5.28 Å².